The molecule has 0 aromatic heterocycles. The molecule has 0 spiro atoms. The first-order valence-electron chi connectivity index (χ1n) is 5.62. The summed E-state index contributed by atoms with van der Waals surface area (Å²) in [5.41, 5.74) is 0.753. The summed E-state index contributed by atoms with van der Waals surface area (Å²) in [4.78, 5) is 21.0. The van der Waals surface area contributed by atoms with Crippen molar-refractivity contribution in [3.8, 4) is 0 Å². The second-order valence-corrected chi connectivity index (χ2v) is 4.34. The minimum atomic E-state index is -0.929. The summed E-state index contributed by atoms with van der Waals surface area (Å²) in [5, 5.41) is 22.5. The van der Waals surface area contributed by atoms with Crippen LogP contribution >= 0.6 is 0 Å². The molecule has 0 saturated heterocycles. The van der Waals surface area contributed by atoms with Gasteiger partial charge < -0.3 is 10.4 Å². The zero-order chi connectivity index (χ0) is 13.7. The smallest absolute Gasteiger partial charge is 0.321 e. The molecule has 1 aromatic carbocycles. The molecule has 2 N–H and O–H groups in total. The molecule has 0 fully saturated rings. The van der Waals surface area contributed by atoms with Crippen molar-refractivity contribution >= 4 is 11.7 Å². The highest BCUT2D eigenvalue weighted by Crippen LogP contribution is 2.13. The Labute approximate surface area is 105 Å². The lowest BCUT2D eigenvalue weighted by Crippen LogP contribution is -2.42. The standard InChI is InChI=1S/C12H16N2O4/c1-8(2)13-11(12(15)16)7-9-3-5-10(6-4-9)14(17)18/h3-6,8,11,13H,7H2,1-2H3,(H,15,16). The quantitative estimate of drug-likeness (QED) is 0.592. The second-order valence-electron chi connectivity index (χ2n) is 4.34. The van der Waals surface area contributed by atoms with Crippen LogP contribution in [0.25, 0.3) is 0 Å². The maximum absolute atomic E-state index is 11.0. The predicted octanol–water partition coefficient (Wildman–Crippen LogP) is 1.59. The van der Waals surface area contributed by atoms with E-state index in [0.29, 0.717) is 6.42 Å². The van der Waals surface area contributed by atoms with Crippen LogP contribution in [0, 0.1) is 10.1 Å². The monoisotopic (exact) mass is 252 g/mol. The van der Waals surface area contributed by atoms with Gasteiger partial charge in [0.15, 0.2) is 0 Å². The maximum atomic E-state index is 11.0. The number of carboxylic acid groups (broad SMARTS) is 1. The van der Waals surface area contributed by atoms with Crippen LogP contribution in [-0.4, -0.2) is 28.1 Å². The van der Waals surface area contributed by atoms with Crippen LogP contribution in [0.3, 0.4) is 0 Å². The zero-order valence-electron chi connectivity index (χ0n) is 10.3. The molecule has 6 heteroatoms. The van der Waals surface area contributed by atoms with Crippen molar-refractivity contribution < 1.29 is 14.8 Å². The van der Waals surface area contributed by atoms with Gasteiger partial charge in [0.25, 0.3) is 5.69 Å². The van der Waals surface area contributed by atoms with E-state index in [1.807, 2.05) is 13.8 Å². The van der Waals surface area contributed by atoms with Gasteiger partial charge >= 0.3 is 5.97 Å². The highest BCUT2D eigenvalue weighted by molar-refractivity contribution is 5.74. The summed E-state index contributed by atoms with van der Waals surface area (Å²) >= 11 is 0. The van der Waals surface area contributed by atoms with Crippen LogP contribution in [0.4, 0.5) is 5.69 Å². The molecule has 0 saturated carbocycles. The molecule has 1 atom stereocenters. The van der Waals surface area contributed by atoms with Crippen molar-refractivity contribution in [3.05, 3.63) is 39.9 Å². The van der Waals surface area contributed by atoms with Gasteiger partial charge in [0.1, 0.15) is 6.04 Å². The molecule has 0 radical (unpaired) electrons. The molecule has 0 bridgehead atoms. The molecule has 0 aliphatic heterocycles. The number of carbonyl (C=O) groups is 1. The van der Waals surface area contributed by atoms with E-state index < -0.39 is 16.9 Å². The number of nitrogens with one attached hydrogen (secondary N) is 1. The SMILES string of the molecule is CC(C)NC(Cc1ccc([N+](=O)[O-])cc1)C(=O)O. The molecule has 0 heterocycles. The molecule has 1 unspecified atom stereocenters. The summed E-state index contributed by atoms with van der Waals surface area (Å²) in [6.45, 7) is 3.73. The van der Waals surface area contributed by atoms with Crippen molar-refractivity contribution in [2.75, 3.05) is 0 Å². The lowest BCUT2D eigenvalue weighted by molar-refractivity contribution is -0.384. The first-order chi connectivity index (χ1) is 8.40. The van der Waals surface area contributed by atoms with Crippen molar-refractivity contribution in [1.82, 2.24) is 5.32 Å². The van der Waals surface area contributed by atoms with Crippen LogP contribution in [0.2, 0.25) is 0 Å². The summed E-state index contributed by atoms with van der Waals surface area (Å²) < 4.78 is 0. The number of nitrogens with zero attached hydrogens (tertiary/aromatic N) is 1. The summed E-state index contributed by atoms with van der Waals surface area (Å²) in [6.07, 6.45) is 0.297. The van der Waals surface area contributed by atoms with Gasteiger partial charge in [0.2, 0.25) is 0 Å². The Morgan fingerprint density at radius 3 is 2.33 bits per heavy atom. The van der Waals surface area contributed by atoms with Gasteiger partial charge in [-0.05, 0) is 12.0 Å². The van der Waals surface area contributed by atoms with Crippen molar-refractivity contribution in [2.45, 2.75) is 32.4 Å². The Morgan fingerprint density at radius 1 is 1.39 bits per heavy atom. The number of nitro groups is 1. The molecule has 0 aliphatic rings. The average Bonchev–Trinajstić information content (AvgIpc) is 2.28. The molecule has 0 amide bonds. The Balaban J connectivity index is 2.75. The first kappa shape index (κ1) is 14.1. The van der Waals surface area contributed by atoms with Gasteiger partial charge in [0, 0.05) is 18.2 Å². The van der Waals surface area contributed by atoms with E-state index in [4.69, 9.17) is 5.11 Å². The van der Waals surface area contributed by atoms with Gasteiger partial charge in [-0.1, -0.05) is 26.0 Å². The third-order valence-corrected chi connectivity index (χ3v) is 2.42. The molecule has 6 nitrogen and oxygen atoms in total. The number of rotatable bonds is 6. The maximum Gasteiger partial charge on any atom is 0.321 e. The Morgan fingerprint density at radius 2 is 1.94 bits per heavy atom. The van der Waals surface area contributed by atoms with Gasteiger partial charge in [-0.25, -0.2) is 0 Å². The van der Waals surface area contributed by atoms with Crippen LogP contribution in [0.1, 0.15) is 19.4 Å². The molecular formula is C12H16N2O4. The van der Waals surface area contributed by atoms with Crippen molar-refractivity contribution in [3.63, 3.8) is 0 Å². The molecule has 1 aromatic rings. The molecular weight excluding hydrogens is 236 g/mol. The predicted molar refractivity (Wildman–Crippen MR) is 66.5 cm³/mol. The van der Waals surface area contributed by atoms with Crippen LogP contribution in [0.15, 0.2) is 24.3 Å². The number of benzene rings is 1. The molecule has 0 aliphatic carbocycles. The first-order valence-corrected chi connectivity index (χ1v) is 5.62. The summed E-state index contributed by atoms with van der Waals surface area (Å²) in [7, 11) is 0. The lowest BCUT2D eigenvalue weighted by Gasteiger charge is -2.17. The third-order valence-electron chi connectivity index (χ3n) is 2.42. The van der Waals surface area contributed by atoms with Gasteiger partial charge in [-0.2, -0.15) is 0 Å². The van der Waals surface area contributed by atoms with E-state index in [1.165, 1.54) is 12.1 Å². The van der Waals surface area contributed by atoms with Crippen LogP contribution < -0.4 is 5.32 Å². The fourth-order valence-corrected chi connectivity index (χ4v) is 1.61. The van der Waals surface area contributed by atoms with E-state index >= 15 is 0 Å². The van der Waals surface area contributed by atoms with E-state index in [1.54, 1.807) is 12.1 Å². The number of hydrogen-bond acceptors (Lipinski definition) is 4. The van der Waals surface area contributed by atoms with Crippen LogP contribution in [0.5, 0.6) is 0 Å². The molecule has 98 valence electrons. The normalized spacial score (nSPS) is 12.4. The van der Waals surface area contributed by atoms with Crippen molar-refractivity contribution in [1.29, 1.82) is 0 Å². The number of aliphatic carboxylic acids is 1. The third kappa shape index (κ3) is 4.14. The van der Waals surface area contributed by atoms with Gasteiger partial charge in [0.05, 0.1) is 4.92 Å². The van der Waals surface area contributed by atoms with Crippen LogP contribution in [-0.2, 0) is 11.2 Å². The highest BCUT2D eigenvalue weighted by Gasteiger charge is 2.18. The largest absolute Gasteiger partial charge is 0.480 e. The van der Waals surface area contributed by atoms with Gasteiger partial charge in [-0.15, -0.1) is 0 Å². The zero-order valence-corrected chi connectivity index (χ0v) is 10.3. The molecule has 18 heavy (non-hydrogen) atoms. The minimum absolute atomic E-state index is 0.00226. The fourth-order valence-electron chi connectivity index (χ4n) is 1.61. The van der Waals surface area contributed by atoms with E-state index in [-0.39, 0.29) is 11.7 Å². The highest BCUT2D eigenvalue weighted by atomic mass is 16.6. The number of nitro benzene ring substituents is 1. The van der Waals surface area contributed by atoms with E-state index in [2.05, 4.69) is 5.32 Å². The number of non-ortho nitro benzene ring substituents is 1. The summed E-state index contributed by atoms with van der Waals surface area (Å²) in [5.74, 6) is -0.929. The molecule has 1 rings (SSSR count). The van der Waals surface area contributed by atoms with Crippen molar-refractivity contribution in [2.24, 2.45) is 0 Å². The Hall–Kier alpha value is -1.95. The fraction of sp³-hybridized carbons (Fsp3) is 0.417. The second kappa shape index (κ2) is 6.11. The number of carboxylic acids is 1. The van der Waals surface area contributed by atoms with Gasteiger partial charge in [-0.3, -0.25) is 14.9 Å². The number of hydrogen-bond donors (Lipinski definition) is 2. The summed E-state index contributed by atoms with van der Waals surface area (Å²) in [6, 6.07) is 5.29. The Bertz CT molecular complexity index is 428. The minimum Gasteiger partial charge on any atom is -0.480 e. The average molecular weight is 252 g/mol. The van der Waals surface area contributed by atoms with E-state index in [9.17, 15) is 14.9 Å². The van der Waals surface area contributed by atoms with E-state index in [0.717, 1.165) is 5.56 Å². The topological polar surface area (TPSA) is 92.5 Å². The lowest BCUT2D eigenvalue weighted by atomic mass is 10.0. The Kier molecular flexibility index (Phi) is 4.79.